The molecule has 5 nitrogen and oxygen atoms in total. The van der Waals surface area contributed by atoms with Crippen LogP contribution in [0.4, 0.5) is 4.79 Å². The van der Waals surface area contributed by atoms with E-state index in [0.29, 0.717) is 23.5 Å². The number of amides is 1. The molecule has 198 valence electrons. The van der Waals surface area contributed by atoms with Crippen molar-refractivity contribution in [2.75, 3.05) is 20.1 Å². The fraction of sp³-hybridized carbons (Fsp3) is 0.594. The number of ether oxygens (including phenoxy) is 1. The van der Waals surface area contributed by atoms with Crippen LogP contribution in [0.15, 0.2) is 48.5 Å². The van der Waals surface area contributed by atoms with E-state index in [2.05, 4.69) is 30.9 Å². The summed E-state index contributed by atoms with van der Waals surface area (Å²) in [5.41, 5.74) is 2.83. The largest absolute Gasteiger partial charge is 0.508 e. The van der Waals surface area contributed by atoms with Gasteiger partial charge < -0.3 is 14.7 Å². The van der Waals surface area contributed by atoms with Crippen LogP contribution in [0.1, 0.15) is 69.9 Å². The lowest BCUT2D eigenvalue weighted by Gasteiger charge is -2.63. The number of para-hydroxylation sites is 1. The van der Waals surface area contributed by atoms with Crippen molar-refractivity contribution in [3.8, 4) is 11.5 Å². The quantitative estimate of drug-likeness (QED) is 0.477. The molecule has 2 saturated carbocycles. The van der Waals surface area contributed by atoms with Crippen LogP contribution in [0, 0.1) is 17.3 Å². The Bertz CT molecular complexity index is 1150. The molecule has 0 radical (unpaired) electrons. The zero-order valence-electron chi connectivity index (χ0n) is 22.7. The van der Waals surface area contributed by atoms with E-state index in [9.17, 15) is 9.90 Å². The molecule has 2 aromatic rings. The molecule has 37 heavy (non-hydrogen) atoms. The summed E-state index contributed by atoms with van der Waals surface area (Å²) >= 11 is 0. The third-order valence-corrected chi connectivity index (χ3v) is 10.6. The molecule has 4 aliphatic rings. The SMILES string of the molecule is CCCC(C1CCC2(C)C3Cc4ccc(O)cc4C12CCN3CC1CC1)N(C)C(=O)Oc1ccccc1. The molecular weight excluding hydrogens is 460 g/mol. The van der Waals surface area contributed by atoms with Gasteiger partial charge in [0.1, 0.15) is 11.5 Å². The van der Waals surface area contributed by atoms with Crippen molar-refractivity contribution >= 4 is 6.09 Å². The number of phenolic OH excluding ortho intramolecular Hbond substituents is 1. The van der Waals surface area contributed by atoms with Crippen LogP contribution in [0.3, 0.4) is 0 Å². The van der Waals surface area contributed by atoms with E-state index in [0.717, 1.165) is 44.6 Å². The first-order valence-corrected chi connectivity index (χ1v) is 14.4. The minimum atomic E-state index is -0.274. The highest BCUT2D eigenvalue weighted by Crippen LogP contribution is 2.68. The predicted molar refractivity (Wildman–Crippen MR) is 146 cm³/mol. The maximum Gasteiger partial charge on any atom is 0.415 e. The molecule has 2 aromatic carbocycles. The highest BCUT2D eigenvalue weighted by molar-refractivity contribution is 5.71. The van der Waals surface area contributed by atoms with Gasteiger partial charge in [0.15, 0.2) is 0 Å². The Morgan fingerprint density at radius 1 is 1.16 bits per heavy atom. The number of nitrogens with zero attached hydrogens (tertiary/aromatic N) is 2. The maximum atomic E-state index is 13.4. The fourth-order valence-electron chi connectivity index (χ4n) is 8.65. The molecule has 0 spiro atoms. The summed E-state index contributed by atoms with van der Waals surface area (Å²) in [7, 11) is 1.93. The molecule has 1 N–H and O–H groups in total. The molecule has 1 aliphatic heterocycles. The van der Waals surface area contributed by atoms with Crippen LogP contribution in [0.2, 0.25) is 0 Å². The second-order valence-electron chi connectivity index (χ2n) is 12.4. The second kappa shape index (κ2) is 9.34. The molecule has 1 heterocycles. The highest BCUT2D eigenvalue weighted by Gasteiger charge is 2.68. The van der Waals surface area contributed by atoms with Crippen molar-refractivity contribution in [1.29, 1.82) is 0 Å². The number of fused-ring (bicyclic) bond motifs is 1. The van der Waals surface area contributed by atoms with Gasteiger partial charge in [0.05, 0.1) is 0 Å². The number of hydrogen-bond donors (Lipinski definition) is 1. The normalized spacial score (nSPS) is 31.3. The number of likely N-dealkylation sites (tertiary alicyclic amines) is 1. The average molecular weight is 503 g/mol. The molecule has 3 aliphatic carbocycles. The summed E-state index contributed by atoms with van der Waals surface area (Å²) in [6, 6.07) is 16.1. The molecule has 2 bridgehead atoms. The monoisotopic (exact) mass is 502 g/mol. The van der Waals surface area contributed by atoms with Gasteiger partial charge in [-0.05, 0) is 104 Å². The standard InChI is InChI=1S/C32H42N2O3/c1-4-8-28(33(3)30(36)37-25-9-6-5-7-10-25)26-15-16-31(2)29-19-23-13-14-24(35)20-27(23)32(26,31)17-18-34(29)21-22-11-12-22/h5-7,9-10,13-14,20,22,26,28-29,35H,4,8,11-12,15-19,21H2,1-3H3. The van der Waals surface area contributed by atoms with E-state index in [1.54, 1.807) is 0 Å². The van der Waals surface area contributed by atoms with E-state index in [-0.39, 0.29) is 23.0 Å². The third-order valence-electron chi connectivity index (χ3n) is 10.6. The third kappa shape index (κ3) is 3.96. The van der Waals surface area contributed by atoms with Crippen molar-refractivity contribution in [2.24, 2.45) is 17.3 Å². The van der Waals surface area contributed by atoms with Crippen LogP contribution in [-0.4, -0.2) is 53.2 Å². The lowest BCUT2D eigenvalue weighted by atomic mass is 9.48. The minimum Gasteiger partial charge on any atom is -0.508 e. The van der Waals surface area contributed by atoms with Gasteiger partial charge in [-0.3, -0.25) is 4.90 Å². The smallest absolute Gasteiger partial charge is 0.415 e. The van der Waals surface area contributed by atoms with Crippen molar-refractivity contribution in [3.05, 3.63) is 59.7 Å². The van der Waals surface area contributed by atoms with Gasteiger partial charge in [-0.25, -0.2) is 4.79 Å². The summed E-state index contributed by atoms with van der Waals surface area (Å²) in [6.45, 7) is 7.10. The summed E-state index contributed by atoms with van der Waals surface area (Å²) in [6.07, 6.45) is 8.88. The topological polar surface area (TPSA) is 53.0 Å². The molecule has 5 unspecified atom stereocenters. The number of carbonyl (C=O) groups excluding carboxylic acids is 1. The van der Waals surface area contributed by atoms with Crippen LogP contribution in [0.25, 0.3) is 0 Å². The molecule has 5 heteroatoms. The zero-order valence-corrected chi connectivity index (χ0v) is 22.7. The molecular formula is C32H42N2O3. The average Bonchev–Trinajstić information content (AvgIpc) is 3.65. The van der Waals surface area contributed by atoms with E-state index in [1.807, 2.05) is 48.3 Å². The Morgan fingerprint density at radius 3 is 2.68 bits per heavy atom. The van der Waals surface area contributed by atoms with Gasteiger partial charge >= 0.3 is 6.09 Å². The van der Waals surface area contributed by atoms with Gasteiger partial charge in [-0.1, -0.05) is 44.5 Å². The minimum absolute atomic E-state index is 0.0504. The van der Waals surface area contributed by atoms with E-state index in [1.165, 1.54) is 36.9 Å². The lowest BCUT2D eigenvalue weighted by molar-refractivity contribution is -0.0646. The number of piperidine rings is 1. The van der Waals surface area contributed by atoms with E-state index in [4.69, 9.17) is 4.74 Å². The number of phenols is 1. The van der Waals surface area contributed by atoms with Crippen LogP contribution < -0.4 is 4.74 Å². The molecule has 6 rings (SSSR count). The summed E-state index contributed by atoms with van der Waals surface area (Å²) in [5.74, 6) is 2.16. The van der Waals surface area contributed by atoms with E-state index < -0.39 is 0 Å². The van der Waals surface area contributed by atoms with Gasteiger partial charge in [-0.15, -0.1) is 0 Å². The second-order valence-corrected chi connectivity index (χ2v) is 12.4. The van der Waals surface area contributed by atoms with Crippen molar-refractivity contribution in [1.82, 2.24) is 9.80 Å². The Morgan fingerprint density at radius 2 is 1.95 bits per heavy atom. The van der Waals surface area contributed by atoms with Crippen molar-refractivity contribution in [2.45, 2.75) is 82.7 Å². The number of rotatable bonds is 7. The highest BCUT2D eigenvalue weighted by atomic mass is 16.6. The van der Waals surface area contributed by atoms with Crippen molar-refractivity contribution < 1.29 is 14.6 Å². The zero-order chi connectivity index (χ0) is 25.8. The lowest BCUT2D eigenvalue weighted by Crippen LogP contribution is -2.67. The number of hydrogen-bond acceptors (Lipinski definition) is 4. The first-order valence-electron chi connectivity index (χ1n) is 14.4. The summed E-state index contributed by atoms with van der Waals surface area (Å²) in [5, 5.41) is 10.7. The molecule has 0 aromatic heterocycles. The first-order chi connectivity index (χ1) is 17.9. The van der Waals surface area contributed by atoms with Crippen LogP contribution in [-0.2, 0) is 11.8 Å². The fourth-order valence-corrected chi connectivity index (χ4v) is 8.65. The van der Waals surface area contributed by atoms with Crippen molar-refractivity contribution in [3.63, 3.8) is 0 Å². The van der Waals surface area contributed by atoms with E-state index >= 15 is 0 Å². The number of carbonyl (C=O) groups is 1. The van der Waals surface area contributed by atoms with Gasteiger partial charge in [0.25, 0.3) is 0 Å². The summed E-state index contributed by atoms with van der Waals surface area (Å²) in [4.78, 5) is 18.1. The van der Waals surface area contributed by atoms with Crippen LogP contribution >= 0.6 is 0 Å². The molecule has 3 fully saturated rings. The number of aromatic hydroxyl groups is 1. The Hall–Kier alpha value is -2.53. The number of benzene rings is 2. The van der Waals surface area contributed by atoms with Gasteiger partial charge in [0, 0.05) is 31.1 Å². The summed E-state index contributed by atoms with van der Waals surface area (Å²) < 4.78 is 5.82. The Kier molecular flexibility index (Phi) is 6.26. The van der Waals surface area contributed by atoms with Gasteiger partial charge in [-0.2, -0.15) is 0 Å². The predicted octanol–water partition coefficient (Wildman–Crippen LogP) is 6.39. The maximum absolute atomic E-state index is 13.4. The molecule has 1 saturated heterocycles. The molecule has 1 amide bonds. The first kappa shape index (κ1) is 24.8. The Labute approximate surface area is 221 Å². The molecule has 5 atom stereocenters. The Balaban J connectivity index is 1.39. The van der Waals surface area contributed by atoms with Gasteiger partial charge in [0.2, 0.25) is 0 Å². The van der Waals surface area contributed by atoms with Crippen LogP contribution in [0.5, 0.6) is 11.5 Å².